The molecule has 0 bridgehead atoms. The summed E-state index contributed by atoms with van der Waals surface area (Å²) in [5, 5.41) is 5.31. The monoisotopic (exact) mass is 441 g/mol. The quantitative estimate of drug-likeness (QED) is 0.521. The molecule has 0 saturated heterocycles. The smallest absolute Gasteiger partial charge is 0.262 e. The zero-order chi connectivity index (χ0) is 22.4. The second kappa shape index (κ2) is 9.40. The molecule has 9 heteroatoms. The Kier molecular flexibility index (Phi) is 6.66. The highest BCUT2D eigenvalue weighted by Crippen LogP contribution is 2.20. The third-order valence-corrected chi connectivity index (χ3v) is 5.61. The van der Waals surface area contributed by atoms with Crippen LogP contribution in [0.15, 0.2) is 77.7 Å². The van der Waals surface area contributed by atoms with Crippen molar-refractivity contribution in [3.63, 3.8) is 0 Å². The molecule has 0 aliphatic carbocycles. The van der Waals surface area contributed by atoms with Gasteiger partial charge in [0.2, 0.25) is 0 Å². The Morgan fingerprint density at radius 1 is 0.871 bits per heavy atom. The molecule has 0 aliphatic heterocycles. The summed E-state index contributed by atoms with van der Waals surface area (Å²) in [4.78, 5) is 24.4. The van der Waals surface area contributed by atoms with Crippen molar-refractivity contribution in [3.8, 4) is 0 Å². The molecule has 31 heavy (non-hydrogen) atoms. The number of benzene rings is 3. The molecule has 0 saturated carbocycles. The SMILES string of the molecule is CCNC(=O)c1cccc(NC(=O)c2cccc(S(=O)(=O)Nc3ccccc3F)c2)c1. The molecule has 3 N–H and O–H groups in total. The van der Waals surface area contributed by atoms with Crippen molar-refractivity contribution >= 4 is 33.2 Å². The lowest BCUT2D eigenvalue weighted by Crippen LogP contribution is -2.22. The van der Waals surface area contributed by atoms with Gasteiger partial charge < -0.3 is 10.6 Å². The van der Waals surface area contributed by atoms with Crippen LogP contribution < -0.4 is 15.4 Å². The lowest BCUT2D eigenvalue weighted by molar-refractivity contribution is 0.0954. The first-order chi connectivity index (χ1) is 14.8. The van der Waals surface area contributed by atoms with E-state index in [4.69, 9.17) is 0 Å². The average Bonchev–Trinajstić information content (AvgIpc) is 2.76. The van der Waals surface area contributed by atoms with Gasteiger partial charge in [0.05, 0.1) is 10.6 Å². The third kappa shape index (κ3) is 5.46. The minimum absolute atomic E-state index is 0.0832. The first kappa shape index (κ1) is 22.0. The topological polar surface area (TPSA) is 104 Å². The van der Waals surface area contributed by atoms with E-state index in [0.717, 1.165) is 6.07 Å². The summed E-state index contributed by atoms with van der Waals surface area (Å²) in [5.74, 6) is -1.55. The van der Waals surface area contributed by atoms with Crippen LogP contribution in [-0.2, 0) is 10.0 Å². The van der Waals surface area contributed by atoms with E-state index in [-0.39, 0.29) is 22.1 Å². The number of carbonyl (C=O) groups is 2. The Morgan fingerprint density at radius 3 is 2.26 bits per heavy atom. The first-order valence-corrected chi connectivity index (χ1v) is 10.9. The largest absolute Gasteiger partial charge is 0.352 e. The summed E-state index contributed by atoms with van der Waals surface area (Å²) in [7, 11) is -4.11. The summed E-state index contributed by atoms with van der Waals surface area (Å²) in [6.07, 6.45) is 0. The van der Waals surface area contributed by atoms with Crippen molar-refractivity contribution in [2.75, 3.05) is 16.6 Å². The van der Waals surface area contributed by atoms with Gasteiger partial charge in [0, 0.05) is 23.4 Å². The standard InChI is InChI=1S/C22H20FN3O4S/c1-2-24-21(27)15-7-5-9-17(13-15)25-22(28)16-8-6-10-18(14-16)31(29,30)26-20-12-4-3-11-19(20)23/h3-14,26H,2H2,1H3,(H,24,27)(H,25,28). The fourth-order valence-corrected chi connectivity index (χ4v) is 3.87. The second-order valence-corrected chi connectivity index (χ2v) is 8.19. The Hall–Kier alpha value is -3.72. The van der Waals surface area contributed by atoms with Crippen LogP contribution in [0.25, 0.3) is 0 Å². The van der Waals surface area contributed by atoms with Gasteiger partial charge in [-0.25, -0.2) is 12.8 Å². The van der Waals surface area contributed by atoms with Gasteiger partial charge >= 0.3 is 0 Å². The normalized spacial score (nSPS) is 10.9. The van der Waals surface area contributed by atoms with Gasteiger partial charge in [-0.1, -0.05) is 24.3 Å². The maximum atomic E-state index is 13.8. The highest BCUT2D eigenvalue weighted by atomic mass is 32.2. The number of hydrogen-bond acceptors (Lipinski definition) is 4. The molecule has 3 aromatic rings. The van der Waals surface area contributed by atoms with Crippen molar-refractivity contribution in [2.24, 2.45) is 0 Å². The molecule has 0 heterocycles. The summed E-state index contributed by atoms with van der Waals surface area (Å²) < 4.78 is 41.2. The molecule has 0 aliphatic rings. The number of carbonyl (C=O) groups excluding carboxylic acids is 2. The molecular weight excluding hydrogens is 421 g/mol. The number of sulfonamides is 1. The highest BCUT2D eigenvalue weighted by Gasteiger charge is 2.18. The molecule has 0 aromatic heterocycles. The highest BCUT2D eigenvalue weighted by molar-refractivity contribution is 7.92. The summed E-state index contributed by atoms with van der Waals surface area (Å²) in [6, 6.07) is 17.1. The maximum Gasteiger partial charge on any atom is 0.262 e. The first-order valence-electron chi connectivity index (χ1n) is 9.37. The molecule has 0 fully saturated rings. The van der Waals surface area contributed by atoms with E-state index in [1.54, 1.807) is 25.1 Å². The zero-order valence-electron chi connectivity index (χ0n) is 16.6. The van der Waals surface area contributed by atoms with E-state index >= 15 is 0 Å². The molecule has 3 aromatic carbocycles. The van der Waals surface area contributed by atoms with Gasteiger partial charge in [0.1, 0.15) is 5.82 Å². The minimum Gasteiger partial charge on any atom is -0.352 e. The van der Waals surface area contributed by atoms with Crippen LogP contribution in [0.4, 0.5) is 15.8 Å². The number of hydrogen-bond donors (Lipinski definition) is 3. The Bertz CT molecular complexity index is 1230. The second-order valence-electron chi connectivity index (χ2n) is 6.51. The van der Waals surface area contributed by atoms with Crippen molar-refractivity contribution in [1.29, 1.82) is 0 Å². The molecule has 0 unspecified atom stereocenters. The van der Waals surface area contributed by atoms with Crippen LogP contribution in [-0.4, -0.2) is 26.8 Å². The van der Waals surface area contributed by atoms with Gasteiger partial charge in [0.15, 0.2) is 0 Å². The number of halogens is 1. The van der Waals surface area contributed by atoms with E-state index in [2.05, 4.69) is 15.4 Å². The molecule has 7 nitrogen and oxygen atoms in total. The van der Waals surface area contributed by atoms with Gasteiger partial charge in [-0.15, -0.1) is 0 Å². The van der Waals surface area contributed by atoms with Crippen molar-refractivity contribution < 1.29 is 22.4 Å². The summed E-state index contributed by atoms with van der Waals surface area (Å²) in [5.41, 5.74) is 0.649. The Labute approximate surface area is 179 Å². The lowest BCUT2D eigenvalue weighted by Gasteiger charge is -2.11. The van der Waals surface area contributed by atoms with Crippen LogP contribution in [0.3, 0.4) is 0 Å². The number of amides is 2. The molecule has 2 amide bonds. The van der Waals surface area contributed by atoms with E-state index in [1.807, 2.05) is 0 Å². The van der Waals surface area contributed by atoms with E-state index in [9.17, 15) is 22.4 Å². The molecule has 0 atom stereocenters. The molecule has 0 spiro atoms. The van der Waals surface area contributed by atoms with Gasteiger partial charge in [0.25, 0.3) is 21.8 Å². The van der Waals surface area contributed by atoms with Crippen LogP contribution in [0.2, 0.25) is 0 Å². The number of rotatable bonds is 7. The van der Waals surface area contributed by atoms with Gasteiger partial charge in [-0.2, -0.15) is 0 Å². The maximum absolute atomic E-state index is 13.8. The summed E-state index contributed by atoms with van der Waals surface area (Å²) in [6.45, 7) is 2.27. The predicted molar refractivity (Wildman–Crippen MR) is 116 cm³/mol. The lowest BCUT2D eigenvalue weighted by atomic mass is 10.1. The molecule has 160 valence electrons. The third-order valence-electron chi connectivity index (χ3n) is 4.24. The van der Waals surface area contributed by atoms with Crippen molar-refractivity contribution in [3.05, 3.63) is 89.7 Å². The predicted octanol–water partition coefficient (Wildman–Crippen LogP) is 3.63. The number of nitrogens with one attached hydrogen (secondary N) is 3. The van der Waals surface area contributed by atoms with Crippen molar-refractivity contribution in [2.45, 2.75) is 11.8 Å². The van der Waals surface area contributed by atoms with Crippen LogP contribution in [0, 0.1) is 5.82 Å². The van der Waals surface area contributed by atoms with Crippen molar-refractivity contribution in [1.82, 2.24) is 5.32 Å². The van der Waals surface area contributed by atoms with E-state index < -0.39 is 21.7 Å². The van der Waals surface area contributed by atoms with E-state index in [0.29, 0.717) is 17.8 Å². The van der Waals surface area contributed by atoms with E-state index in [1.165, 1.54) is 48.5 Å². The summed E-state index contributed by atoms with van der Waals surface area (Å²) >= 11 is 0. The Morgan fingerprint density at radius 2 is 1.55 bits per heavy atom. The molecular formula is C22H20FN3O4S. The molecule has 0 radical (unpaired) electrons. The fourth-order valence-electron chi connectivity index (χ4n) is 2.76. The van der Waals surface area contributed by atoms with Gasteiger partial charge in [-0.05, 0) is 55.5 Å². The average molecular weight is 441 g/mol. The molecule has 3 rings (SSSR count). The fraction of sp³-hybridized carbons (Fsp3) is 0.0909. The number of anilines is 2. The van der Waals surface area contributed by atoms with Crippen LogP contribution in [0.1, 0.15) is 27.6 Å². The minimum atomic E-state index is -4.11. The van der Waals surface area contributed by atoms with Crippen LogP contribution >= 0.6 is 0 Å². The zero-order valence-corrected chi connectivity index (χ0v) is 17.4. The number of para-hydroxylation sites is 1. The Balaban J connectivity index is 1.80. The van der Waals surface area contributed by atoms with Gasteiger partial charge in [-0.3, -0.25) is 14.3 Å². The van der Waals surface area contributed by atoms with Crippen LogP contribution in [0.5, 0.6) is 0 Å².